The SMILES string of the molecule is CNCc1ccc2ccn(CCCCC#N)c2c1. The summed E-state index contributed by atoms with van der Waals surface area (Å²) >= 11 is 0. The molecule has 3 nitrogen and oxygen atoms in total. The van der Waals surface area contributed by atoms with Crippen molar-refractivity contribution in [3.8, 4) is 6.07 Å². The van der Waals surface area contributed by atoms with Crippen molar-refractivity contribution in [3.63, 3.8) is 0 Å². The number of hydrogen-bond acceptors (Lipinski definition) is 2. The number of rotatable bonds is 6. The van der Waals surface area contributed by atoms with Gasteiger partial charge in [0.15, 0.2) is 0 Å². The number of nitrogens with zero attached hydrogens (tertiary/aromatic N) is 2. The smallest absolute Gasteiger partial charge is 0.0621 e. The van der Waals surface area contributed by atoms with Crippen molar-refractivity contribution in [2.24, 2.45) is 0 Å². The Balaban J connectivity index is 2.12. The monoisotopic (exact) mass is 241 g/mol. The Kier molecular flexibility index (Phi) is 4.38. The quantitative estimate of drug-likeness (QED) is 0.790. The molecule has 0 aliphatic rings. The number of unbranched alkanes of at least 4 members (excludes halogenated alkanes) is 2. The zero-order chi connectivity index (χ0) is 12.8. The zero-order valence-corrected chi connectivity index (χ0v) is 10.8. The van der Waals surface area contributed by atoms with Gasteiger partial charge in [0.2, 0.25) is 0 Å². The highest BCUT2D eigenvalue weighted by Gasteiger charge is 2.02. The lowest BCUT2D eigenvalue weighted by atomic mass is 10.1. The second-order valence-electron chi connectivity index (χ2n) is 4.55. The molecule has 18 heavy (non-hydrogen) atoms. The van der Waals surface area contributed by atoms with E-state index in [9.17, 15) is 0 Å². The molecule has 1 aromatic carbocycles. The lowest BCUT2D eigenvalue weighted by Crippen LogP contribution is -2.05. The normalized spacial score (nSPS) is 10.7. The topological polar surface area (TPSA) is 40.8 Å². The highest BCUT2D eigenvalue weighted by Crippen LogP contribution is 2.18. The maximum absolute atomic E-state index is 8.53. The molecule has 0 saturated carbocycles. The van der Waals surface area contributed by atoms with Gasteiger partial charge in [-0.3, -0.25) is 0 Å². The molecular formula is C15H19N3. The van der Waals surface area contributed by atoms with Crippen LogP contribution >= 0.6 is 0 Å². The molecule has 1 heterocycles. The minimum absolute atomic E-state index is 0.657. The van der Waals surface area contributed by atoms with Crippen LogP contribution in [0.5, 0.6) is 0 Å². The molecule has 0 unspecified atom stereocenters. The van der Waals surface area contributed by atoms with Gasteiger partial charge in [-0.2, -0.15) is 5.26 Å². The van der Waals surface area contributed by atoms with Crippen molar-refractivity contribution < 1.29 is 0 Å². The largest absolute Gasteiger partial charge is 0.347 e. The van der Waals surface area contributed by atoms with Crippen LogP contribution in [0.3, 0.4) is 0 Å². The van der Waals surface area contributed by atoms with Crippen LogP contribution in [-0.4, -0.2) is 11.6 Å². The molecule has 0 bridgehead atoms. The summed E-state index contributed by atoms with van der Waals surface area (Å²) in [5.74, 6) is 0. The molecule has 1 N–H and O–H groups in total. The Labute approximate surface area is 108 Å². The second-order valence-corrected chi connectivity index (χ2v) is 4.55. The van der Waals surface area contributed by atoms with Crippen molar-refractivity contribution >= 4 is 10.9 Å². The summed E-state index contributed by atoms with van der Waals surface area (Å²) in [7, 11) is 1.96. The van der Waals surface area contributed by atoms with E-state index in [1.165, 1.54) is 16.5 Å². The summed E-state index contributed by atoms with van der Waals surface area (Å²) in [6.07, 6.45) is 4.84. The Hall–Kier alpha value is -1.79. The van der Waals surface area contributed by atoms with E-state index in [0.29, 0.717) is 6.42 Å². The van der Waals surface area contributed by atoms with Gasteiger partial charge in [-0.1, -0.05) is 12.1 Å². The van der Waals surface area contributed by atoms with Crippen molar-refractivity contribution in [1.29, 1.82) is 5.26 Å². The molecule has 0 spiro atoms. The third-order valence-electron chi connectivity index (χ3n) is 3.16. The predicted octanol–water partition coefficient (Wildman–Crippen LogP) is 3.05. The van der Waals surface area contributed by atoms with Gasteiger partial charge in [0.25, 0.3) is 0 Å². The average Bonchev–Trinajstić information content (AvgIpc) is 2.78. The minimum atomic E-state index is 0.657. The molecule has 0 atom stereocenters. The van der Waals surface area contributed by atoms with E-state index in [1.807, 2.05) is 7.05 Å². The maximum atomic E-state index is 8.53. The van der Waals surface area contributed by atoms with E-state index in [2.05, 4.69) is 46.4 Å². The Morgan fingerprint density at radius 3 is 2.94 bits per heavy atom. The fourth-order valence-corrected chi connectivity index (χ4v) is 2.22. The van der Waals surface area contributed by atoms with Crippen LogP contribution in [0.1, 0.15) is 24.8 Å². The van der Waals surface area contributed by atoms with Crippen molar-refractivity contribution in [1.82, 2.24) is 9.88 Å². The first-order valence-corrected chi connectivity index (χ1v) is 6.44. The number of aryl methyl sites for hydroxylation is 1. The Morgan fingerprint density at radius 2 is 2.17 bits per heavy atom. The molecule has 0 aliphatic heterocycles. The number of hydrogen-bond donors (Lipinski definition) is 1. The van der Waals surface area contributed by atoms with Crippen LogP contribution in [0, 0.1) is 11.3 Å². The molecule has 0 saturated heterocycles. The fraction of sp³-hybridized carbons (Fsp3) is 0.400. The lowest BCUT2D eigenvalue weighted by molar-refractivity contribution is 0.632. The first-order valence-electron chi connectivity index (χ1n) is 6.44. The summed E-state index contributed by atoms with van der Waals surface area (Å²) in [5.41, 5.74) is 2.60. The van der Waals surface area contributed by atoms with E-state index < -0.39 is 0 Å². The molecule has 3 heteroatoms. The molecular weight excluding hydrogens is 222 g/mol. The summed E-state index contributed by atoms with van der Waals surface area (Å²) in [4.78, 5) is 0. The molecule has 0 radical (unpaired) electrons. The van der Waals surface area contributed by atoms with Gasteiger partial charge >= 0.3 is 0 Å². The first kappa shape index (κ1) is 12.7. The molecule has 0 fully saturated rings. The van der Waals surface area contributed by atoms with Gasteiger partial charge in [0.05, 0.1) is 6.07 Å². The van der Waals surface area contributed by atoms with Gasteiger partial charge in [-0.05, 0) is 43.0 Å². The first-order chi connectivity index (χ1) is 8.85. The van der Waals surface area contributed by atoms with Gasteiger partial charge in [-0.15, -0.1) is 0 Å². The van der Waals surface area contributed by atoms with E-state index in [0.717, 1.165) is 25.9 Å². The maximum Gasteiger partial charge on any atom is 0.0621 e. The summed E-state index contributed by atoms with van der Waals surface area (Å²) in [5, 5.41) is 13.0. The number of fused-ring (bicyclic) bond motifs is 1. The lowest BCUT2D eigenvalue weighted by Gasteiger charge is -2.06. The molecule has 0 amide bonds. The van der Waals surface area contributed by atoms with Gasteiger partial charge in [-0.25, -0.2) is 0 Å². The van der Waals surface area contributed by atoms with Crippen LogP contribution < -0.4 is 5.32 Å². The van der Waals surface area contributed by atoms with Crippen LogP contribution in [0.25, 0.3) is 10.9 Å². The van der Waals surface area contributed by atoms with E-state index in [4.69, 9.17) is 5.26 Å². The number of benzene rings is 1. The number of nitriles is 1. The third kappa shape index (κ3) is 2.91. The van der Waals surface area contributed by atoms with Crippen molar-refractivity contribution in [2.45, 2.75) is 32.4 Å². The summed E-state index contributed by atoms with van der Waals surface area (Å²) < 4.78 is 2.28. The van der Waals surface area contributed by atoms with E-state index >= 15 is 0 Å². The van der Waals surface area contributed by atoms with Crippen molar-refractivity contribution in [2.75, 3.05) is 7.05 Å². The van der Waals surface area contributed by atoms with Gasteiger partial charge in [0.1, 0.15) is 0 Å². The molecule has 1 aromatic heterocycles. The zero-order valence-electron chi connectivity index (χ0n) is 10.8. The van der Waals surface area contributed by atoms with Crippen LogP contribution in [0.4, 0.5) is 0 Å². The van der Waals surface area contributed by atoms with Crippen LogP contribution in [0.2, 0.25) is 0 Å². The second kappa shape index (κ2) is 6.23. The average molecular weight is 241 g/mol. The Morgan fingerprint density at radius 1 is 1.28 bits per heavy atom. The third-order valence-corrected chi connectivity index (χ3v) is 3.16. The molecule has 2 rings (SSSR count). The van der Waals surface area contributed by atoms with E-state index in [-0.39, 0.29) is 0 Å². The molecule has 2 aromatic rings. The number of aromatic nitrogens is 1. The van der Waals surface area contributed by atoms with Gasteiger partial charge < -0.3 is 9.88 Å². The van der Waals surface area contributed by atoms with E-state index in [1.54, 1.807) is 0 Å². The van der Waals surface area contributed by atoms with Crippen LogP contribution in [-0.2, 0) is 13.1 Å². The van der Waals surface area contributed by atoms with Crippen LogP contribution in [0.15, 0.2) is 30.5 Å². The highest BCUT2D eigenvalue weighted by molar-refractivity contribution is 5.80. The van der Waals surface area contributed by atoms with Crippen molar-refractivity contribution in [3.05, 3.63) is 36.0 Å². The number of nitrogens with one attached hydrogen (secondary N) is 1. The molecule has 0 aliphatic carbocycles. The summed E-state index contributed by atoms with van der Waals surface area (Å²) in [6.45, 7) is 1.89. The van der Waals surface area contributed by atoms with Gasteiger partial charge in [0, 0.05) is 31.2 Å². The standard InChI is InChI=1S/C15H19N3/c1-17-12-13-5-6-14-7-10-18(15(14)11-13)9-4-2-3-8-16/h5-7,10-11,17H,2-4,9,12H2,1H3. The Bertz CT molecular complexity index is 548. The highest BCUT2D eigenvalue weighted by atomic mass is 14.9. The molecule has 94 valence electrons. The fourth-order valence-electron chi connectivity index (χ4n) is 2.22. The summed E-state index contributed by atoms with van der Waals surface area (Å²) in [6, 6.07) is 10.9. The minimum Gasteiger partial charge on any atom is -0.347 e. The predicted molar refractivity (Wildman–Crippen MR) is 74.2 cm³/mol.